The zero-order valence-electron chi connectivity index (χ0n) is 16.4. The lowest BCUT2D eigenvalue weighted by Crippen LogP contribution is -2.24. The summed E-state index contributed by atoms with van der Waals surface area (Å²) in [6, 6.07) is 15.1. The molecule has 0 saturated carbocycles. The summed E-state index contributed by atoms with van der Waals surface area (Å²) in [4.78, 5) is 16.7. The molecule has 2 rings (SSSR count). The van der Waals surface area contributed by atoms with Gasteiger partial charge in [0.1, 0.15) is 24.9 Å². The highest BCUT2D eigenvalue weighted by Gasteiger charge is 2.22. The van der Waals surface area contributed by atoms with Gasteiger partial charge >= 0.3 is 5.97 Å². The molecule has 2 aromatic carbocycles. The highest BCUT2D eigenvalue weighted by molar-refractivity contribution is 7.91. The molecule has 1 unspecified atom stereocenters. The van der Waals surface area contributed by atoms with E-state index in [1.54, 1.807) is 68.4 Å². The van der Waals surface area contributed by atoms with Crippen molar-refractivity contribution in [3.05, 3.63) is 60.2 Å². The minimum atomic E-state index is -3.40. The van der Waals surface area contributed by atoms with Crippen molar-refractivity contribution in [3.63, 3.8) is 0 Å². The third-order valence-electron chi connectivity index (χ3n) is 4.23. The summed E-state index contributed by atoms with van der Waals surface area (Å²) in [5, 5.41) is 13.2. The van der Waals surface area contributed by atoms with Crippen molar-refractivity contribution >= 4 is 21.5 Å². The Morgan fingerprint density at radius 3 is 2.34 bits per heavy atom. The average Bonchev–Trinajstić information content (AvgIpc) is 2.71. The number of nitrogens with zero attached hydrogens (tertiary/aromatic N) is 1. The van der Waals surface area contributed by atoms with Crippen LogP contribution in [0.1, 0.15) is 19.4 Å². The number of aliphatic carboxylic acids is 1. The molecular formula is C21H25NO6S. The molecule has 0 heterocycles. The van der Waals surface area contributed by atoms with Crippen molar-refractivity contribution in [2.24, 2.45) is 11.1 Å². The van der Waals surface area contributed by atoms with Crippen LogP contribution in [0.5, 0.6) is 5.75 Å². The van der Waals surface area contributed by atoms with E-state index in [-0.39, 0.29) is 23.7 Å². The van der Waals surface area contributed by atoms with Gasteiger partial charge in [0.15, 0.2) is 9.84 Å². The molecule has 1 N–H and O–H groups in total. The van der Waals surface area contributed by atoms with Crippen LogP contribution in [-0.4, -0.2) is 44.2 Å². The second-order valence-electron chi connectivity index (χ2n) is 6.37. The molecule has 0 spiro atoms. The zero-order chi connectivity index (χ0) is 21.3. The molecular weight excluding hydrogens is 394 g/mol. The number of carboxylic acids is 1. The van der Waals surface area contributed by atoms with Gasteiger partial charge in [-0.25, -0.2) is 8.42 Å². The van der Waals surface area contributed by atoms with Crippen LogP contribution >= 0.6 is 0 Å². The first-order valence-corrected chi connectivity index (χ1v) is 10.9. The summed E-state index contributed by atoms with van der Waals surface area (Å²) in [5.41, 5.74) is 1.19. The van der Waals surface area contributed by atoms with Crippen molar-refractivity contribution < 1.29 is 27.9 Å². The summed E-state index contributed by atoms with van der Waals surface area (Å²) < 4.78 is 30.0. The van der Waals surface area contributed by atoms with Crippen molar-refractivity contribution in [1.29, 1.82) is 0 Å². The molecule has 0 radical (unpaired) electrons. The number of carbonyl (C=O) groups is 1. The Balaban J connectivity index is 1.93. The summed E-state index contributed by atoms with van der Waals surface area (Å²) >= 11 is 0. The number of hydrogen-bond acceptors (Lipinski definition) is 6. The van der Waals surface area contributed by atoms with E-state index in [0.717, 1.165) is 5.56 Å². The third-order valence-corrected chi connectivity index (χ3v) is 5.92. The normalized spacial score (nSPS) is 13.0. The number of sulfone groups is 1. The Bertz CT molecular complexity index is 923. The fourth-order valence-corrected chi connectivity index (χ4v) is 3.73. The SMILES string of the molecule is CCON=C(C)C(Cc1ccc(OCCS(=O)(=O)c2ccccc2)cc1)C(=O)O. The van der Waals surface area contributed by atoms with Crippen LogP contribution < -0.4 is 4.74 Å². The molecule has 0 bridgehead atoms. The maximum atomic E-state index is 12.2. The quantitative estimate of drug-likeness (QED) is 0.443. The van der Waals surface area contributed by atoms with Crippen LogP contribution in [0.4, 0.5) is 0 Å². The summed E-state index contributed by atoms with van der Waals surface area (Å²) in [6.07, 6.45) is 0.264. The summed E-state index contributed by atoms with van der Waals surface area (Å²) in [7, 11) is -3.40. The number of oxime groups is 1. The van der Waals surface area contributed by atoms with Gasteiger partial charge in [-0.2, -0.15) is 0 Å². The van der Waals surface area contributed by atoms with Gasteiger partial charge in [-0.15, -0.1) is 0 Å². The lowest BCUT2D eigenvalue weighted by Gasteiger charge is -2.13. The van der Waals surface area contributed by atoms with Gasteiger partial charge in [0.2, 0.25) is 0 Å². The van der Waals surface area contributed by atoms with Gasteiger partial charge in [0, 0.05) is 0 Å². The van der Waals surface area contributed by atoms with Gasteiger partial charge < -0.3 is 14.7 Å². The van der Waals surface area contributed by atoms with E-state index in [1.165, 1.54) is 0 Å². The molecule has 0 fully saturated rings. The highest BCUT2D eigenvalue weighted by atomic mass is 32.2. The molecule has 1 atom stereocenters. The molecule has 2 aromatic rings. The molecule has 156 valence electrons. The van der Waals surface area contributed by atoms with Gasteiger partial charge in [0.25, 0.3) is 0 Å². The molecule has 0 aliphatic rings. The highest BCUT2D eigenvalue weighted by Crippen LogP contribution is 2.17. The predicted octanol–water partition coefficient (Wildman–Crippen LogP) is 3.20. The van der Waals surface area contributed by atoms with Crippen LogP contribution in [0.2, 0.25) is 0 Å². The fraction of sp³-hybridized carbons (Fsp3) is 0.333. The molecule has 0 amide bonds. The number of ether oxygens (including phenoxy) is 1. The van der Waals surface area contributed by atoms with Gasteiger partial charge in [-0.1, -0.05) is 35.5 Å². The second kappa shape index (κ2) is 10.6. The number of benzene rings is 2. The number of rotatable bonds is 11. The Labute approximate surface area is 170 Å². The summed E-state index contributed by atoms with van der Waals surface area (Å²) in [5.74, 6) is -1.38. The van der Waals surface area contributed by atoms with Crippen LogP contribution in [0.15, 0.2) is 64.6 Å². The molecule has 0 aromatic heterocycles. The van der Waals surface area contributed by atoms with Crippen LogP contribution in [-0.2, 0) is 25.9 Å². The van der Waals surface area contributed by atoms with E-state index in [4.69, 9.17) is 9.57 Å². The second-order valence-corrected chi connectivity index (χ2v) is 8.48. The molecule has 7 nitrogen and oxygen atoms in total. The first-order chi connectivity index (χ1) is 13.8. The first-order valence-electron chi connectivity index (χ1n) is 9.22. The van der Waals surface area contributed by atoms with Gasteiger partial charge in [-0.3, -0.25) is 4.79 Å². The lowest BCUT2D eigenvalue weighted by atomic mass is 9.95. The van der Waals surface area contributed by atoms with Crippen LogP contribution in [0, 0.1) is 5.92 Å². The minimum absolute atomic E-state index is 0.0223. The largest absolute Gasteiger partial charge is 0.493 e. The van der Waals surface area contributed by atoms with Crippen molar-refractivity contribution in [1.82, 2.24) is 0 Å². The average molecular weight is 419 g/mol. The van der Waals surface area contributed by atoms with Crippen LogP contribution in [0.25, 0.3) is 0 Å². The smallest absolute Gasteiger partial charge is 0.312 e. The lowest BCUT2D eigenvalue weighted by molar-refractivity contribution is -0.139. The topological polar surface area (TPSA) is 102 Å². The van der Waals surface area contributed by atoms with Gasteiger partial charge in [0.05, 0.1) is 16.4 Å². The predicted molar refractivity (Wildman–Crippen MR) is 110 cm³/mol. The molecule has 0 saturated heterocycles. The minimum Gasteiger partial charge on any atom is -0.493 e. The Morgan fingerprint density at radius 1 is 1.10 bits per heavy atom. The van der Waals surface area contributed by atoms with E-state index >= 15 is 0 Å². The van der Waals surface area contributed by atoms with Crippen molar-refractivity contribution in [3.8, 4) is 5.75 Å². The zero-order valence-corrected chi connectivity index (χ0v) is 17.3. The Hall–Kier alpha value is -2.87. The van der Waals surface area contributed by atoms with E-state index < -0.39 is 21.7 Å². The monoisotopic (exact) mass is 419 g/mol. The summed E-state index contributed by atoms with van der Waals surface area (Å²) in [6.45, 7) is 3.79. The van der Waals surface area contributed by atoms with Crippen molar-refractivity contribution in [2.45, 2.75) is 25.2 Å². The van der Waals surface area contributed by atoms with E-state index in [0.29, 0.717) is 18.1 Å². The molecule has 0 aliphatic heterocycles. The van der Waals surface area contributed by atoms with E-state index in [2.05, 4.69) is 5.16 Å². The Kier molecular flexibility index (Phi) is 8.21. The molecule has 8 heteroatoms. The number of hydrogen-bond donors (Lipinski definition) is 1. The van der Waals surface area contributed by atoms with Crippen molar-refractivity contribution in [2.75, 3.05) is 19.0 Å². The van der Waals surface area contributed by atoms with Gasteiger partial charge in [-0.05, 0) is 50.1 Å². The maximum absolute atomic E-state index is 12.2. The standard InChI is InChI=1S/C21H25NO6S/c1-3-28-22-16(2)20(21(23)24)15-17-9-11-18(12-10-17)27-13-14-29(25,26)19-7-5-4-6-8-19/h4-12,20H,3,13-15H2,1-2H3,(H,23,24). The Morgan fingerprint density at radius 2 is 1.76 bits per heavy atom. The molecule has 0 aliphatic carbocycles. The first kappa shape index (κ1) is 22.4. The number of carboxylic acid groups (broad SMARTS) is 1. The fourth-order valence-electron chi connectivity index (χ4n) is 2.62. The maximum Gasteiger partial charge on any atom is 0.312 e. The van der Waals surface area contributed by atoms with E-state index in [9.17, 15) is 18.3 Å². The van der Waals surface area contributed by atoms with E-state index in [1.807, 2.05) is 0 Å². The third kappa shape index (κ3) is 6.90. The molecule has 29 heavy (non-hydrogen) atoms. The van der Waals surface area contributed by atoms with Crippen LogP contribution in [0.3, 0.4) is 0 Å².